The van der Waals surface area contributed by atoms with Gasteiger partial charge in [0.05, 0.1) is 0 Å². The second-order valence-corrected chi connectivity index (χ2v) is 3.86. The molecule has 0 rings (SSSR count). The first-order chi connectivity index (χ1) is 9.96. The lowest BCUT2D eigenvalue weighted by Crippen LogP contribution is -2.70. The van der Waals surface area contributed by atoms with Gasteiger partial charge >= 0.3 is 42.3 Å². The van der Waals surface area contributed by atoms with Crippen LogP contribution in [0.15, 0.2) is 0 Å². The van der Waals surface area contributed by atoms with Crippen molar-refractivity contribution in [2.24, 2.45) is 0 Å². The van der Waals surface area contributed by atoms with Crippen molar-refractivity contribution in [1.82, 2.24) is 0 Å². The van der Waals surface area contributed by atoms with Gasteiger partial charge in [-0.25, -0.2) is 4.74 Å². The van der Waals surface area contributed by atoms with Crippen LogP contribution in [0.2, 0.25) is 0 Å². The van der Waals surface area contributed by atoms with Crippen LogP contribution in [0, 0.1) is 0 Å². The molecule has 0 aliphatic rings. The molecule has 0 aromatic rings. The van der Waals surface area contributed by atoms with Gasteiger partial charge in [0.25, 0.3) is 0 Å². The predicted molar refractivity (Wildman–Crippen MR) is 37.9 cm³/mol. The van der Waals surface area contributed by atoms with Crippen LogP contribution in [-0.2, 0) is 4.74 Å². The van der Waals surface area contributed by atoms with Crippen LogP contribution in [0.3, 0.4) is 0 Å². The Hall–Kier alpha value is -1.16. The molecule has 0 radical (unpaired) electrons. The van der Waals surface area contributed by atoms with E-state index < -0.39 is 42.3 Å². The summed E-state index contributed by atoms with van der Waals surface area (Å²) in [6.45, 7) is 0. The SMILES string of the molecule is FC(F)(F)OC(F)(F)C(F)(F)C(F)(F)C(F)(F)C(F)(F)C(F)(F)F. The fourth-order valence-corrected chi connectivity index (χ4v) is 0.965. The molecule has 0 amide bonds. The molecule has 0 aromatic heterocycles. The van der Waals surface area contributed by atoms with Crippen LogP contribution in [0.25, 0.3) is 0 Å². The lowest BCUT2D eigenvalue weighted by molar-refractivity contribution is -0.508. The van der Waals surface area contributed by atoms with Crippen molar-refractivity contribution in [1.29, 1.82) is 0 Å². The van der Waals surface area contributed by atoms with E-state index in [0.717, 1.165) is 4.74 Å². The Balaban J connectivity index is 6.21. The Bertz CT molecular complexity index is 454. The number of hydrogen-bond acceptors (Lipinski definition) is 1. The third-order valence-electron chi connectivity index (χ3n) is 2.15. The molecule has 0 saturated carbocycles. The van der Waals surface area contributed by atoms with E-state index in [1.807, 2.05) is 0 Å². The van der Waals surface area contributed by atoms with Crippen molar-refractivity contribution in [2.45, 2.75) is 42.3 Å². The summed E-state index contributed by atoms with van der Waals surface area (Å²) in [5, 5.41) is 0. The molecule has 0 aromatic carbocycles. The quantitative estimate of drug-likeness (QED) is 0.572. The van der Waals surface area contributed by atoms with Gasteiger partial charge in [-0.15, -0.1) is 13.2 Å². The molecule has 0 unspecified atom stereocenters. The van der Waals surface area contributed by atoms with Gasteiger partial charge in [0, 0.05) is 0 Å². The summed E-state index contributed by atoms with van der Waals surface area (Å²) >= 11 is 0. The van der Waals surface area contributed by atoms with E-state index in [0.29, 0.717) is 0 Å². The first-order valence-corrected chi connectivity index (χ1v) is 4.68. The highest BCUT2D eigenvalue weighted by Gasteiger charge is 2.91. The highest BCUT2D eigenvalue weighted by molar-refractivity contribution is 5.08. The molecular formula is C7F16O. The van der Waals surface area contributed by atoms with Crippen molar-refractivity contribution in [2.75, 3.05) is 0 Å². The number of ether oxygens (including phenoxy) is 1. The third kappa shape index (κ3) is 3.30. The monoisotopic (exact) mass is 404 g/mol. The molecule has 0 atom stereocenters. The molecule has 0 saturated heterocycles. The smallest absolute Gasteiger partial charge is 0.221 e. The third-order valence-corrected chi connectivity index (χ3v) is 2.15. The minimum absolute atomic E-state index is 1.15. The van der Waals surface area contributed by atoms with Gasteiger partial charge in [-0.05, 0) is 0 Å². The van der Waals surface area contributed by atoms with E-state index in [2.05, 4.69) is 0 Å². The first kappa shape index (κ1) is 22.8. The van der Waals surface area contributed by atoms with Gasteiger partial charge in [-0.1, -0.05) is 0 Å². The standard InChI is InChI=1S/C7F16O/c8-1(9,3(12,13)5(16,17)18)2(10,11)4(14,15)6(19,20)24-7(21,22)23. The van der Waals surface area contributed by atoms with E-state index in [1.165, 1.54) is 0 Å². The lowest BCUT2D eigenvalue weighted by Gasteiger charge is -2.39. The zero-order valence-corrected chi connectivity index (χ0v) is 9.96. The second-order valence-electron chi connectivity index (χ2n) is 3.86. The van der Waals surface area contributed by atoms with Gasteiger partial charge < -0.3 is 0 Å². The van der Waals surface area contributed by atoms with Gasteiger partial charge in [0.1, 0.15) is 0 Å². The van der Waals surface area contributed by atoms with Crippen LogP contribution in [0.1, 0.15) is 0 Å². The van der Waals surface area contributed by atoms with E-state index in [9.17, 15) is 70.2 Å². The van der Waals surface area contributed by atoms with Crippen LogP contribution < -0.4 is 0 Å². The minimum Gasteiger partial charge on any atom is -0.221 e. The van der Waals surface area contributed by atoms with Gasteiger partial charge in [0.2, 0.25) is 0 Å². The fraction of sp³-hybridized carbons (Fsp3) is 1.00. The van der Waals surface area contributed by atoms with Crippen LogP contribution in [0.4, 0.5) is 70.2 Å². The predicted octanol–water partition coefficient (Wildman–Crippen LogP) is 5.22. The zero-order valence-electron chi connectivity index (χ0n) is 9.96. The van der Waals surface area contributed by atoms with E-state index in [1.54, 1.807) is 0 Å². The molecule has 0 N–H and O–H groups in total. The van der Waals surface area contributed by atoms with Gasteiger partial charge in [-0.2, -0.15) is 57.1 Å². The molecular weight excluding hydrogens is 404 g/mol. The van der Waals surface area contributed by atoms with Gasteiger partial charge in [-0.3, -0.25) is 0 Å². The summed E-state index contributed by atoms with van der Waals surface area (Å²) < 4.78 is 195. The zero-order chi connectivity index (χ0) is 20.2. The molecule has 146 valence electrons. The van der Waals surface area contributed by atoms with Crippen molar-refractivity contribution >= 4 is 0 Å². The van der Waals surface area contributed by atoms with E-state index in [4.69, 9.17) is 0 Å². The molecule has 17 heteroatoms. The molecule has 1 nitrogen and oxygen atoms in total. The Morgan fingerprint density at radius 1 is 0.375 bits per heavy atom. The summed E-state index contributed by atoms with van der Waals surface area (Å²) in [4.78, 5) is 0. The summed E-state index contributed by atoms with van der Waals surface area (Å²) in [7, 11) is 0. The van der Waals surface area contributed by atoms with Crippen molar-refractivity contribution in [3.63, 3.8) is 0 Å². The molecule has 0 bridgehead atoms. The van der Waals surface area contributed by atoms with Crippen molar-refractivity contribution < 1.29 is 75.0 Å². The maximum Gasteiger partial charge on any atom is 0.527 e. The van der Waals surface area contributed by atoms with Crippen molar-refractivity contribution in [3.05, 3.63) is 0 Å². The summed E-state index contributed by atoms with van der Waals surface area (Å²) in [6, 6.07) is 0. The minimum atomic E-state index is -8.33. The Morgan fingerprint density at radius 3 is 0.917 bits per heavy atom. The highest BCUT2D eigenvalue weighted by atomic mass is 19.4. The van der Waals surface area contributed by atoms with Crippen molar-refractivity contribution in [3.8, 4) is 0 Å². The molecule has 0 fully saturated rings. The number of alkyl halides is 16. The number of hydrogen-bond donors (Lipinski definition) is 0. The number of halogens is 16. The first-order valence-electron chi connectivity index (χ1n) is 4.68. The molecule has 0 heterocycles. The topological polar surface area (TPSA) is 9.23 Å². The average Bonchev–Trinajstić information content (AvgIpc) is 2.22. The lowest BCUT2D eigenvalue weighted by atomic mass is 9.97. The normalized spacial score (nSPS) is 16.5. The summed E-state index contributed by atoms with van der Waals surface area (Å²) in [5.74, 6) is -32.7. The fourth-order valence-electron chi connectivity index (χ4n) is 0.965. The maximum absolute atomic E-state index is 12.7. The maximum atomic E-state index is 12.7. The van der Waals surface area contributed by atoms with Crippen LogP contribution in [-0.4, -0.2) is 42.3 Å². The summed E-state index contributed by atoms with van der Waals surface area (Å²) in [5.41, 5.74) is 0. The van der Waals surface area contributed by atoms with Gasteiger partial charge in [0.15, 0.2) is 0 Å². The van der Waals surface area contributed by atoms with E-state index >= 15 is 0 Å². The van der Waals surface area contributed by atoms with E-state index in [-0.39, 0.29) is 0 Å². The summed E-state index contributed by atoms with van der Waals surface area (Å²) in [6.07, 6.45) is -22.1. The molecule has 0 spiro atoms. The Morgan fingerprint density at radius 2 is 0.667 bits per heavy atom. The Labute approximate surface area is 119 Å². The second kappa shape index (κ2) is 5.42. The Kier molecular flexibility index (Phi) is 5.16. The average molecular weight is 404 g/mol. The molecule has 0 aliphatic heterocycles. The van der Waals surface area contributed by atoms with Crippen LogP contribution >= 0.6 is 0 Å². The molecule has 0 aliphatic carbocycles. The largest absolute Gasteiger partial charge is 0.527 e. The highest BCUT2D eigenvalue weighted by Crippen LogP contribution is 2.60. The van der Waals surface area contributed by atoms with Crippen LogP contribution in [0.5, 0.6) is 0 Å². The molecule has 24 heavy (non-hydrogen) atoms. The number of rotatable bonds is 5.